The summed E-state index contributed by atoms with van der Waals surface area (Å²) in [6.45, 7) is 4.32. The molecule has 0 unspecified atom stereocenters. The first-order valence-electron chi connectivity index (χ1n) is 5.41. The van der Waals surface area contributed by atoms with Gasteiger partial charge in [-0.25, -0.2) is 4.79 Å². The van der Waals surface area contributed by atoms with Crippen molar-refractivity contribution in [1.29, 1.82) is 0 Å². The highest BCUT2D eigenvalue weighted by Crippen LogP contribution is 2.19. The van der Waals surface area contributed by atoms with E-state index >= 15 is 0 Å². The summed E-state index contributed by atoms with van der Waals surface area (Å²) in [5.41, 5.74) is 2.50. The van der Waals surface area contributed by atoms with E-state index in [0.717, 1.165) is 23.0 Å². The van der Waals surface area contributed by atoms with E-state index in [1.165, 1.54) is 0 Å². The molecule has 0 amide bonds. The van der Waals surface area contributed by atoms with Crippen LogP contribution in [0.15, 0.2) is 24.3 Å². The third-order valence-electron chi connectivity index (χ3n) is 2.55. The van der Waals surface area contributed by atoms with Crippen molar-refractivity contribution in [2.24, 2.45) is 5.92 Å². The number of rotatable bonds is 3. The van der Waals surface area contributed by atoms with Gasteiger partial charge in [-0.05, 0) is 36.6 Å². The smallest absolute Gasteiger partial charge is 0.335 e. The number of hydrogen-bond acceptors (Lipinski definition) is 1. The molecule has 0 aliphatic carbocycles. The standard InChI is InChI=1S/C13H15NO2/c1-8(2)5-11-7-10-6-9(13(15)16)3-4-12(10)14-11/h3-4,6-8,14H,5H2,1-2H3,(H,15,16). The van der Waals surface area contributed by atoms with Gasteiger partial charge in [-0.15, -0.1) is 0 Å². The Bertz CT molecular complexity index is 526. The van der Waals surface area contributed by atoms with Crippen LogP contribution in [-0.2, 0) is 6.42 Å². The lowest BCUT2D eigenvalue weighted by Gasteiger charge is -1.99. The highest BCUT2D eigenvalue weighted by Gasteiger charge is 2.06. The molecule has 16 heavy (non-hydrogen) atoms. The Morgan fingerprint density at radius 2 is 2.12 bits per heavy atom. The monoisotopic (exact) mass is 217 g/mol. The van der Waals surface area contributed by atoms with Crippen LogP contribution in [0.1, 0.15) is 29.9 Å². The molecular formula is C13H15NO2. The zero-order valence-electron chi connectivity index (χ0n) is 9.45. The minimum atomic E-state index is -0.881. The topological polar surface area (TPSA) is 53.1 Å². The summed E-state index contributed by atoms with van der Waals surface area (Å²) < 4.78 is 0. The van der Waals surface area contributed by atoms with Crippen molar-refractivity contribution in [2.75, 3.05) is 0 Å². The van der Waals surface area contributed by atoms with Crippen LogP contribution in [0.2, 0.25) is 0 Å². The quantitative estimate of drug-likeness (QED) is 0.830. The molecule has 2 aromatic rings. The van der Waals surface area contributed by atoms with Crippen molar-refractivity contribution in [3.8, 4) is 0 Å². The van der Waals surface area contributed by atoms with Gasteiger partial charge in [0.05, 0.1) is 5.56 Å². The molecule has 3 heteroatoms. The van der Waals surface area contributed by atoms with Crippen LogP contribution in [0.25, 0.3) is 10.9 Å². The molecule has 0 bridgehead atoms. The number of fused-ring (bicyclic) bond motifs is 1. The van der Waals surface area contributed by atoms with Crippen LogP contribution < -0.4 is 0 Å². The maximum atomic E-state index is 10.8. The highest BCUT2D eigenvalue weighted by atomic mass is 16.4. The molecule has 3 nitrogen and oxygen atoms in total. The number of H-pyrrole nitrogens is 1. The Hall–Kier alpha value is -1.77. The summed E-state index contributed by atoms with van der Waals surface area (Å²) in [7, 11) is 0. The van der Waals surface area contributed by atoms with Gasteiger partial charge in [0, 0.05) is 16.6 Å². The number of nitrogens with one attached hydrogen (secondary N) is 1. The number of aromatic carboxylic acids is 1. The SMILES string of the molecule is CC(C)Cc1cc2cc(C(=O)O)ccc2[nH]1. The molecule has 0 radical (unpaired) electrons. The molecule has 0 fully saturated rings. The molecule has 0 aliphatic rings. The maximum Gasteiger partial charge on any atom is 0.335 e. The van der Waals surface area contributed by atoms with Crippen molar-refractivity contribution >= 4 is 16.9 Å². The third kappa shape index (κ3) is 2.08. The normalized spacial score (nSPS) is 11.2. The van der Waals surface area contributed by atoms with Crippen LogP contribution in [0.3, 0.4) is 0 Å². The molecule has 0 saturated heterocycles. The Balaban J connectivity index is 2.42. The van der Waals surface area contributed by atoms with Gasteiger partial charge >= 0.3 is 5.97 Å². The second kappa shape index (κ2) is 4.00. The molecule has 2 N–H and O–H groups in total. The molecule has 0 saturated carbocycles. The zero-order chi connectivity index (χ0) is 11.7. The zero-order valence-corrected chi connectivity index (χ0v) is 9.45. The van der Waals surface area contributed by atoms with E-state index in [0.29, 0.717) is 11.5 Å². The van der Waals surface area contributed by atoms with Crippen LogP contribution >= 0.6 is 0 Å². The van der Waals surface area contributed by atoms with Crippen molar-refractivity contribution in [2.45, 2.75) is 20.3 Å². The van der Waals surface area contributed by atoms with Gasteiger partial charge in [-0.3, -0.25) is 0 Å². The minimum Gasteiger partial charge on any atom is -0.478 e. The fourth-order valence-corrected chi connectivity index (χ4v) is 1.88. The van der Waals surface area contributed by atoms with Gasteiger partial charge in [-0.1, -0.05) is 13.8 Å². The van der Waals surface area contributed by atoms with E-state index in [-0.39, 0.29) is 0 Å². The van der Waals surface area contributed by atoms with Crippen molar-refractivity contribution in [3.05, 3.63) is 35.5 Å². The predicted molar refractivity (Wildman–Crippen MR) is 63.8 cm³/mol. The second-order valence-corrected chi connectivity index (χ2v) is 4.50. The number of carboxylic acid groups (broad SMARTS) is 1. The summed E-state index contributed by atoms with van der Waals surface area (Å²) in [4.78, 5) is 14.1. The number of hydrogen-bond donors (Lipinski definition) is 2. The van der Waals surface area contributed by atoms with Gasteiger partial charge in [0.1, 0.15) is 0 Å². The first-order valence-corrected chi connectivity index (χ1v) is 5.41. The summed E-state index contributed by atoms with van der Waals surface area (Å²) in [6, 6.07) is 7.18. The number of carboxylic acids is 1. The summed E-state index contributed by atoms with van der Waals surface area (Å²) in [6.07, 6.45) is 0.983. The van der Waals surface area contributed by atoms with Crippen LogP contribution in [0.4, 0.5) is 0 Å². The molecule has 84 valence electrons. The van der Waals surface area contributed by atoms with E-state index < -0.39 is 5.97 Å². The van der Waals surface area contributed by atoms with Crippen molar-refractivity contribution < 1.29 is 9.90 Å². The lowest BCUT2D eigenvalue weighted by atomic mass is 10.1. The van der Waals surface area contributed by atoms with Gasteiger partial charge in [0.2, 0.25) is 0 Å². The van der Waals surface area contributed by atoms with E-state index in [1.807, 2.05) is 12.1 Å². The summed E-state index contributed by atoms with van der Waals surface area (Å²) in [5, 5.41) is 9.85. The van der Waals surface area contributed by atoms with Crippen LogP contribution in [0.5, 0.6) is 0 Å². The van der Waals surface area contributed by atoms with Gasteiger partial charge in [0.25, 0.3) is 0 Å². The first kappa shape index (κ1) is 10.7. The van der Waals surface area contributed by atoms with Crippen molar-refractivity contribution in [1.82, 2.24) is 4.98 Å². The summed E-state index contributed by atoms with van der Waals surface area (Å²) in [5.74, 6) is -0.291. The van der Waals surface area contributed by atoms with Crippen LogP contribution in [0, 0.1) is 5.92 Å². The molecular weight excluding hydrogens is 202 g/mol. The molecule has 2 rings (SSSR count). The molecule has 1 aromatic heterocycles. The third-order valence-corrected chi connectivity index (χ3v) is 2.55. The number of benzene rings is 1. The number of aromatic nitrogens is 1. The number of aromatic amines is 1. The predicted octanol–water partition coefficient (Wildman–Crippen LogP) is 3.06. The highest BCUT2D eigenvalue weighted by molar-refractivity contribution is 5.93. The first-order chi connectivity index (χ1) is 7.56. The molecule has 1 heterocycles. The Morgan fingerprint density at radius 3 is 2.75 bits per heavy atom. The maximum absolute atomic E-state index is 10.8. The largest absolute Gasteiger partial charge is 0.478 e. The Morgan fingerprint density at radius 1 is 1.38 bits per heavy atom. The van der Waals surface area contributed by atoms with E-state index in [2.05, 4.69) is 18.8 Å². The Kier molecular flexibility index (Phi) is 2.69. The lowest BCUT2D eigenvalue weighted by molar-refractivity contribution is 0.0697. The van der Waals surface area contributed by atoms with Gasteiger partial charge in [0.15, 0.2) is 0 Å². The summed E-state index contributed by atoms with van der Waals surface area (Å²) >= 11 is 0. The lowest BCUT2D eigenvalue weighted by Crippen LogP contribution is -1.94. The molecule has 1 aromatic carbocycles. The fourth-order valence-electron chi connectivity index (χ4n) is 1.88. The van der Waals surface area contributed by atoms with Gasteiger partial charge < -0.3 is 10.1 Å². The molecule has 0 aliphatic heterocycles. The average molecular weight is 217 g/mol. The van der Waals surface area contributed by atoms with Crippen LogP contribution in [-0.4, -0.2) is 16.1 Å². The van der Waals surface area contributed by atoms with Gasteiger partial charge in [-0.2, -0.15) is 0 Å². The molecule has 0 spiro atoms. The number of carbonyl (C=O) groups is 1. The van der Waals surface area contributed by atoms with E-state index in [1.54, 1.807) is 12.1 Å². The fraction of sp³-hybridized carbons (Fsp3) is 0.308. The molecule has 0 atom stereocenters. The van der Waals surface area contributed by atoms with E-state index in [4.69, 9.17) is 5.11 Å². The average Bonchev–Trinajstić information content (AvgIpc) is 2.56. The minimum absolute atomic E-state index is 0.336. The second-order valence-electron chi connectivity index (χ2n) is 4.50. The van der Waals surface area contributed by atoms with E-state index in [9.17, 15) is 4.79 Å². The van der Waals surface area contributed by atoms with Crippen molar-refractivity contribution in [3.63, 3.8) is 0 Å². The Labute approximate surface area is 94.1 Å².